The normalized spacial score (nSPS) is 10.4. The number of unbranched alkanes of at least 4 members (excludes halogenated alkanes) is 1. The van der Waals surface area contributed by atoms with Crippen molar-refractivity contribution >= 4 is 5.97 Å². The van der Waals surface area contributed by atoms with E-state index in [4.69, 9.17) is 0 Å². The first-order valence-electron chi connectivity index (χ1n) is 3.06. The number of carboxylic acid groups (broad SMARTS) is 1. The maximum absolute atomic E-state index is 10.0. The molecule has 0 unspecified atom stereocenters. The molecule has 0 radical (unpaired) electrons. The Morgan fingerprint density at radius 2 is 2.10 bits per heavy atom. The molecule has 0 saturated heterocycles. The first-order chi connectivity index (χ1) is 4.18. The number of allylic oxidation sites excluding steroid dienone is 1. The van der Waals surface area contributed by atoms with Crippen LogP contribution in [0.15, 0.2) is 11.6 Å². The summed E-state index contributed by atoms with van der Waals surface area (Å²) >= 11 is 0. The number of hydrogen-bond donors (Lipinski definition) is 0. The Kier molecular flexibility index (Phi) is 10.7. The average molecular weight is 166 g/mol. The third-order valence-electron chi connectivity index (χ3n) is 1.06. The van der Waals surface area contributed by atoms with E-state index in [-0.39, 0.29) is 51.4 Å². The average Bonchev–Trinajstić information content (AvgIpc) is 1.82. The van der Waals surface area contributed by atoms with Crippen molar-refractivity contribution in [1.82, 2.24) is 0 Å². The first-order valence-corrected chi connectivity index (χ1v) is 3.06. The minimum absolute atomic E-state index is 0. The molecule has 0 fully saturated rings. The van der Waals surface area contributed by atoms with E-state index in [9.17, 15) is 9.90 Å². The van der Waals surface area contributed by atoms with Crippen LogP contribution >= 0.6 is 0 Å². The van der Waals surface area contributed by atoms with E-state index in [1.54, 1.807) is 13.0 Å². The van der Waals surface area contributed by atoms with Gasteiger partial charge in [-0.2, -0.15) is 0 Å². The van der Waals surface area contributed by atoms with Crippen molar-refractivity contribution < 1.29 is 61.3 Å². The van der Waals surface area contributed by atoms with E-state index in [1.807, 2.05) is 6.92 Å². The van der Waals surface area contributed by atoms with Gasteiger partial charge in [0.15, 0.2) is 0 Å². The molecule has 2 nitrogen and oxygen atoms in total. The minimum atomic E-state index is -1.07. The Hall–Kier alpha value is 0.846. The standard InChI is InChI=1S/C7H12O2.K/c1-3-4-5-6(2)7(8)9;/h5H,3-4H2,1-2H3,(H,8,9);/q;+1/p-1. The third kappa shape index (κ3) is 6.96. The second-order valence-electron chi connectivity index (χ2n) is 1.96. The monoisotopic (exact) mass is 166 g/mol. The van der Waals surface area contributed by atoms with E-state index in [2.05, 4.69) is 0 Å². The summed E-state index contributed by atoms with van der Waals surface area (Å²) in [5, 5.41) is 10.0. The number of aliphatic carboxylic acids is 1. The third-order valence-corrected chi connectivity index (χ3v) is 1.06. The second-order valence-corrected chi connectivity index (χ2v) is 1.96. The van der Waals surface area contributed by atoms with Crippen LogP contribution in [0.2, 0.25) is 0 Å². The Balaban J connectivity index is 0. The van der Waals surface area contributed by atoms with Crippen LogP contribution in [0.3, 0.4) is 0 Å². The van der Waals surface area contributed by atoms with Gasteiger partial charge in [-0.15, -0.1) is 0 Å². The largest absolute Gasteiger partial charge is 1.00 e. The summed E-state index contributed by atoms with van der Waals surface area (Å²) in [6, 6.07) is 0. The molecule has 0 heterocycles. The van der Waals surface area contributed by atoms with Crippen LogP contribution < -0.4 is 56.5 Å². The molecule has 0 rings (SSSR count). The molecule has 0 amide bonds. The van der Waals surface area contributed by atoms with Gasteiger partial charge in [-0.1, -0.05) is 19.4 Å². The van der Waals surface area contributed by atoms with Gasteiger partial charge in [-0.05, 0) is 18.9 Å². The smallest absolute Gasteiger partial charge is 0.545 e. The molecule has 0 aromatic rings. The van der Waals surface area contributed by atoms with Crippen molar-refractivity contribution in [3.05, 3.63) is 11.6 Å². The van der Waals surface area contributed by atoms with Crippen molar-refractivity contribution in [2.75, 3.05) is 0 Å². The van der Waals surface area contributed by atoms with Crippen LogP contribution in [0.25, 0.3) is 0 Å². The summed E-state index contributed by atoms with van der Waals surface area (Å²) in [6.45, 7) is 3.55. The Morgan fingerprint density at radius 1 is 1.60 bits per heavy atom. The second kappa shape index (κ2) is 7.95. The van der Waals surface area contributed by atoms with Crippen LogP contribution in [-0.2, 0) is 4.79 Å². The van der Waals surface area contributed by atoms with Crippen molar-refractivity contribution in [1.29, 1.82) is 0 Å². The summed E-state index contributed by atoms with van der Waals surface area (Å²) in [7, 11) is 0. The van der Waals surface area contributed by atoms with E-state index >= 15 is 0 Å². The van der Waals surface area contributed by atoms with Gasteiger partial charge < -0.3 is 9.90 Å². The van der Waals surface area contributed by atoms with Crippen molar-refractivity contribution in [3.63, 3.8) is 0 Å². The van der Waals surface area contributed by atoms with Crippen molar-refractivity contribution in [2.24, 2.45) is 0 Å². The molecule has 10 heavy (non-hydrogen) atoms. The van der Waals surface area contributed by atoms with Crippen molar-refractivity contribution in [3.8, 4) is 0 Å². The molecule has 0 aliphatic rings. The fourth-order valence-corrected chi connectivity index (χ4v) is 0.444. The predicted octanol–water partition coefficient (Wildman–Crippen LogP) is -2.51. The minimum Gasteiger partial charge on any atom is -0.545 e. The Morgan fingerprint density at radius 3 is 2.40 bits per heavy atom. The van der Waals surface area contributed by atoms with E-state index < -0.39 is 5.97 Å². The van der Waals surface area contributed by atoms with Gasteiger partial charge in [0.05, 0.1) is 5.97 Å². The van der Waals surface area contributed by atoms with Crippen LogP contribution in [-0.4, -0.2) is 5.97 Å². The van der Waals surface area contributed by atoms with Crippen LogP contribution in [0, 0.1) is 0 Å². The number of carbonyl (C=O) groups excluding carboxylic acids is 1. The summed E-state index contributed by atoms with van der Waals surface area (Å²) in [4.78, 5) is 10.0. The molecule has 0 bridgehead atoms. The number of rotatable bonds is 3. The molecule has 0 aromatic carbocycles. The topological polar surface area (TPSA) is 40.1 Å². The Bertz CT molecular complexity index is 130. The molecule has 0 saturated carbocycles. The van der Waals surface area contributed by atoms with E-state index in [0.717, 1.165) is 12.8 Å². The van der Waals surface area contributed by atoms with E-state index in [1.165, 1.54) is 0 Å². The molecular weight excluding hydrogens is 155 g/mol. The number of hydrogen-bond acceptors (Lipinski definition) is 2. The molecule has 0 N–H and O–H groups in total. The first kappa shape index (κ1) is 13.4. The predicted molar refractivity (Wildman–Crippen MR) is 33.7 cm³/mol. The van der Waals surface area contributed by atoms with Gasteiger partial charge in [0.25, 0.3) is 0 Å². The number of carboxylic acids is 1. The SMILES string of the molecule is CCCC=C(C)C(=O)[O-].[K+]. The summed E-state index contributed by atoms with van der Waals surface area (Å²) < 4.78 is 0. The van der Waals surface area contributed by atoms with Crippen LogP contribution in [0.5, 0.6) is 0 Å². The molecule has 0 aromatic heterocycles. The van der Waals surface area contributed by atoms with Gasteiger partial charge in [0.2, 0.25) is 0 Å². The fraction of sp³-hybridized carbons (Fsp3) is 0.571. The summed E-state index contributed by atoms with van der Waals surface area (Å²) in [5.41, 5.74) is 0.330. The molecule has 3 heteroatoms. The van der Waals surface area contributed by atoms with Gasteiger partial charge in [0, 0.05) is 0 Å². The zero-order valence-corrected chi connectivity index (χ0v) is 9.93. The maximum atomic E-state index is 10.0. The van der Waals surface area contributed by atoms with Crippen LogP contribution in [0.1, 0.15) is 26.7 Å². The fourth-order valence-electron chi connectivity index (χ4n) is 0.444. The zero-order valence-electron chi connectivity index (χ0n) is 6.81. The molecule has 0 atom stereocenters. The molecule has 0 aliphatic carbocycles. The van der Waals surface area contributed by atoms with E-state index in [0.29, 0.717) is 5.57 Å². The summed E-state index contributed by atoms with van der Waals surface area (Å²) in [6.07, 6.45) is 3.47. The van der Waals surface area contributed by atoms with Crippen LogP contribution in [0.4, 0.5) is 0 Å². The molecule has 52 valence electrons. The summed E-state index contributed by atoms with van der Waals surface area (Å²) in [5.74, 6) is -1.07. The van der Waals surface area contributed by atoms with Gasteiger partial charge >= 0.3 is 51.4 Å². The van der Waals surface area contributed by atoms with Crippen molar-refractivity contribution in [2.45, 2.75) is 26.7 Å². The van der Waals surface area contributed by atoms with Gasteiger partial charge in [-0.3, -0.25) is 0 Å². The quantitative estimate of drug-likeness (QED) is 0.343. The van der Waals surface area contributed by atoms with Gasteiger partial charge in [-0.25, -0.2) is 0 Å². The van der Waals surface area contributed by atoms with Gasteiger partial charge in [0.1, 0.15) is 0 Å². The molecular formula is C7H11KO2. The molecule has 0 aliphatic heterocycles. The molecule has 0 spiro atoms. The number of carbonyl (C=O) groups is 1. The Labute approximate surface area is 104 Å². The maximum Gasteiger partial charge on any atom is 1.00 e. The zero-order chi connectivity index (χ0) is 7.28.